The predicted molar refractivity (Wildman–Crippen MR) is 79.7 cm³/mol. The van der Waals surface area contributed by atoms with Gasteiger partial charge in [0.15, 0.2) is 0 Å². The number of amides is 1. The highest BCUT2D eigenvalue weighted by Crippen LogP contribution is 2.56. The maximum atomic E-state index is 12.7. The highest BCUT2D eigenvalue weighted by atomic mass is 35.5. The van der Waals surface area contributed by atoms with Gasteiger partial charge >= 0.3 is 0 Å². The number of halogens is 1. The van der Waals surface area contributed by atoms with Crippen molar-refractivity contribution in [2.75, 3.05) is 19.6 Å². The van der Waals surface area contributed by atoms with Crippen LogP contribution < -0.4 is 5.32 Å². The van der Waals surface area contributed by atoms with Crippen molar-refractivity contribution >= 4 is 17.5 Å². The number of carbonyl (C=O) groups excluding carboxylic acids is 1. The van der Waals surface area contributed by atoms with Gasteiger partial charge in [-0.3, -0.25) is 4.79 Å². The van der Waals surface area contributed by atoms with E-state index in [-0.39, 0.29) is 17.9 Å². The number of ether oxygens (including phenoxy) is 1. The largest absolute Gasteiger partial charge is 0.383 e. The minimum Gasteiger partial charge on any atom is -0.383 e. The van der Waals surface area contributed by atoms with Crippen molar-refractivity contribution in [3.05, 3.63) is 0 Å². The number of nitrogens with one attached hydrogen (secondary N) is 1. The molecule has 0 heterocycles. The van der Waals surface area contributed by atoms with E-state index in [0.29, 0.717) is 24.3 Å². The van der Waals surface area contributed by atoms with Gasteiger partial charge in [-0.05, 0) is 62.2 Å². The predicted octanol–water partition coefficient (Wildman–Crippen LogP) is 2.82. The van der Waals surface area contributed by atoms with Gasteiger partial charge in [0.05, 0.1) is 12.6 Å². The molecule has 0 aromatic heterocycles. The van der Waals surface area contributed by atoms with E-state index in [0.717, 1.165) is 18.3 Å². The molecule has 4 aliphatic rings. The molecule has 114 valence electrons. The molecule has 1 amide bonds. The molecule has 1 unspecified atom stereocenters. The summed E-state index contributed by atoms with van der Waals surface area (Å²) in [6, 6.07) is 0.0715. The third kappa shape index (κ3) is 2.85. The normalized spacial score (nSPS) is 39.8. The molecule has 0 aromatic rings. The molecule has 0 spiro atoms. The Hall–Kier alpha value is -0.280. The minimum absolute atomic E-state index is 0.0715. The summed E-state index contributed by atoms with van der Waals surface area (Å²) in [5.41, 5.74) is 0. The van der Waals surface area contributed by atoms with Crippen molar-refractivity contribution in [2.45, 2.75) is 44.6 Å². The second-order valence-electron chi connectivity index (χ2n) is 7.10. The summed E-state index contributed by atoms with van der Waals surface area (Å²) in [4.78, 5) is 12.7. The van der Waals surface area contributed by atoms with Crippen LogP contribution in [0.3, 0.4) is 0 Å². The molecule has 0 radical (unpaired) electrons. The van der Waals surface area contributed by atoms with E-state index >= 15 is 0 Å². The Morgan fingerprint density at radius 2 is 1.80 bits per heavy atom. The first kappa shape index (κ1) is 14.6. The van der Waals surface area contributed by atoms with Crippen molar-refractivity contribution < 1.29 is 9.53 Å². The summed E-state index contributed by atoms with van der Waals surface area (Å²) in [6.45, 7) is 0.561. The number of hydrogen-bond acceptors (Lipinski definition) is 2. The van der Waals surface area contributed by atoms with Gasteiger partial charge in [-0.15, -0.1) is 11.6 Å². The molecule has 4 fully saturated rings. The average Bonchev–Trinajstić information content (AvgIpc) is 2.37. The third-order valence-corrected chi connectivity index (χ3v) is 5.92. The van der Waals surface area contributed by atoms with Crippen LogP contribution in [-0.2, 0) is 9.53 Å². The number of methoxy groups -OCH3 is 1. The lowest BCUT2D eigenvalue weighted by atomic mass is 9.51. The topological polar surface area (TPSA) is 38.3 Å². The van der Waals surface area contributed by atoms with Crippen LogP contribution in [0.25, 0.3) is 0 Å². The molecule has 1 atom stereocenters. The quantitative estimate of drug-likeness (QED) is 0.766. The Labute approximate surface area is 126 Å². The van der Waals surface area contributed by atoms with E-state index < -0.39 is 0 Å². The first-order valence-corrected chi connectivity index (χ1v) is 8.60. The number of hydrogen-bond donors (Lipinski definition) is 1. The van der Waals surface area contributed by atoms with E-state index in [4.69, 9.17) is 16.3 Å². The molecule has 4 aliphatic carbocycles. The lowest BCUT2D eigenvalue weighted by molar-refractivity contribution is -0.139. The summed E-state index contributed by atoms with van der Waals surface area (Å²) in [7, 11) is 1.68. The third-order valence-electron chi connectivity index (χ3n) is 5.70. The van der Waals surface area contributed by atoms with Gasteiger partial charge in [0.25, 0.3) is 0 Å². The van der Waals surface area contributed by atoms with Crippen LogP contribution in [0, 0.1) is 29.6 Å². The van der Waals surface area contributed by atoms with E-state index in [2.05, 4.69) is 5.32 Å². The number of carbonyl (C=O) groups is 1. The Kier molecular flexibility index (Phi) is 4.56. The molecule has 4 bridgehead atoms. The molecule has 4 heteroatoms. The van der Waals surface area contributed by atoms with Gasteiger partial charge in [0.1, 0.15) is 0 Å². The number of alkyl halides is 1. The standard InChI is InChI=1S/C16H26ClNO2/c1-20-9-14(2-3-17)18-16(19)15-12-5-10-4-11(7-12)8-13(15)6-10/h10-15H,2-9H2,1H3,(H,18,19). The summed E-state index contributed by atoms with van der Waals surface area (Å²) < 4.78 is 5.19. The maximum absolute atomic E-state index is 12.7. The SMILES string of the molecule is COCC(CCCl)NC(=O)C1C2CC3CC(C2)CC1C3. The maximum Gasteiger partial charge on any atom is 0.223 e. The highest BCUT2D eigenvalue weighted by molar-refractivity contribution is 6.17. The smallest absolute Gasteiger partial charge is 0.223 e. The molecule has 0 saturated heterocycles. The second-order valence-corrected chi connectivity index (χ2v) is 7.47. The van der Waals surface area contributed by atoms with Crippen molar-refractivity contribution in [3.8, 4) is 0 Å². The highest BCUT2D eigenvalue weighted by Gasteiger charge is 2.50. The van der Waals surface area contributed by atoms with Crippen molar-refractivity contribution in [1.29, 1.82) is 0 Å². The van der Waals surface area contributed by atoms with Crippen LogP contribution in [0.4, 0.5) is 0 Å². The molecule has 0 aliphatic heterocycles. The van der Waals surface area contributed by atoms with Gasteiger partial charge in [-0.1, -0.05) is 0 Å². The van der Waals surface area contributed by atoms with Crippen molar-refractivity contribution in [3.63, 3.8) is 0 Å². The molecular weight excluding hydrogens is 274 g/mol. The summed E-state index contributed by atoms with van der Waals surface area (Å²) in [5.74, 6) is 4.22. The molecule has 0 aromatic carbocycles. The fourth-order valence-electron chi connectivity index (χ4n) is 5.18. The van der Waals surface area contributed by atoms with Crippen LogP contribution in [0.5, 0.6) is 0 Å². The zero-order valence-corrected chi connectivity index (χ0v) is 13.1. The molecule has 20 heavy (non-hydrogen) atoms. The Balaban J connectivity index is 1.62. The van der Waals surface area contributed by atoms with Crippen LogP contribution in [0.1, 0.15) is 38.5 Å². The lowest BCUT2D eigenvalue weighted by Crippen LogP contribution is -2.53. The second kappa shape index (κ2) is 6.23. The lowest BCUT2D eigenvalue weighted by Gasteiger charge is -2.53. The fraction of sp³-hybridized carbons (Fsp3) is 0.938. The Bertz CT molecular complexity index is 326. The summed E-state index contributed by atoms with van der Waals surface area (Å²) in [6.07, 6.45) is 7.37. The first-order valence-electron chi connectivity index (χ1n) is 8.06. The zero-order valence-electron chi connectivity index (χ0n) is 12.3. The van der Waals surface area contributed by atoms with E-state index in [1.54, 1.807) is 7.11 Å². The van der Waals surface area contributed by atoms with Crippen LogP contribution in [0.2, 0.25) is 0 Å². The van der Waals surface area contributed by atoms with Gasteiger partial charge < -0.3 is 10.1 Å². The summed E-state index contributed by atoms with van der Waals surface area (Å²) >= 11 is 5.82. The van der Waals surface area contributed by atoms with E-state index in [9.17, 15) is 4.79 Å². The van der Waals surface area contributed by atoms with Gasteiger partial charge in [-0.25, -0.2) is 0 Å². The molecule has 4 rings (SSSR count). The van der Waals surface area contributed by atoms with Crippen LogP contribution >= 0.6 is 11.6 Å². The van der Waals surface area contributed by atoms with E-state index in [1.807, 2.05) is 0 Å². The van der Waals surface area contributed by atoms with Crippen molar-refractivity contribution in [1.82, 2.24) is 5.32 Å². The fourth-order valence-corrected chi connectivity index (χ4v) is 5.44. The number of rotatable bonds is 6. The monoisotopic (exact) mass is 299 g/mol. The van der Waals surface area contributed by atoms with Crippen LogP contribution in [-0.4, -0.2) is 31.5 Å². The summed E-state index contributed by atoms with van der Waals surface area (Å²) in [5, 5.41) is 3.20. The Morgan fingerprint density at radius 1 is 1.20 bits per heavy atom. The molecule has 4 saturated carbocycles. The zero-order chi connectivity index (χ0) is 14.1. The van der Waals surface area contributed by atoms with E-state index in [1.165, 1.54) is 32.1 Å². The van der Waals surface area contributed by atoms with Gasteiger partial charge in [-0.2, -0.15) is 0 Å². The van der Waals surface area contributed by atoms with Gasteiger partial charge in [0.2, 0.25) is 5.91 Å². The van der Waals surface area contributed by atoms with Crippen molar-refractivity contribution in [2.24, 2.45) is 29.6 Å². The Morgan fingerprint density at radius 3 is 2.30 bits per heavy atom. The van der Waals surface area contributed by atoms with Gasteiger partial charge in [0, 0.05) is 18.9 Å². The first-order chi connectivity index (χ1) is 9.71. The molecular formula is C16H26ClNO2. The minimum atomic E-state index is 0.0715. The molecule has 3 nitrogen and oxygen atoms in total. The van der Waals surface area contributed by atoms with Crippen LogP contribution in [0.15, 0.2) is 0 Å². The average molecular weight is 300 g/mol. The molecule has 1 N–H and O–H groups in total.